The van der Waals surface area contributed by atoms with Gasteiger partial charge in [-0.25, -0.2) is 0 Å². The molecule has 1 fully saturated rings. The summed E-state index contributed by atoms with van der Waals surface area (Å²) in [6.45, 7) is 1.56. The van der Waals surface area contributed by atoms with Gasteiger partial charge < -0.3 is 25.7 Å². The van der Waals surface area contributed by atoms with Crippen LogP contribution in [0.3, 0.4) is 0 Å². The minimum atomic E-state index is -0.786. The minimum Gasteiger partial charge on any atom is -0.409 e. The van der Waals surface area contributed by atoms with Crippen molar-refractivity contribution in [3.05, 3.63) is 24.0 Å². The third-order valence-corrected chi connectivity index (χ3v) is 3.50. The highest BCUT2D eigenvalue weighted by Gasteiger charge is 2.31. The van der Waals surface area contributed by atoms with E-state index in [1.807, 2.05) is 18.0 Å². The molecule has 110 valence electrons. The number of rotatable bonds is 4. The molecule has 0 amide bonds. The van der Waals surface area contributed by atoms with Crippen molar-refractivity contribution < 1.29 is 15.1 Å². The number of hydrogen-bond donors (Lipinski definition) is 3. The van der Waals surface area contributed by atoms with Crippen LogP contribution in [-0.4, -0.2) is 53.5 Å². The van der Waals surface area contributed by atoms with Gasteiger partial charge in [-0.15, -0.1) is 0 Å². The summed E-state index contributed by atoms with van der Waals surface area (Å²) in [6, 6.07) is 3.59. The van der Waals surface area contributed by atoms with Crippen LogP contribution < -0.4 is 10.6 Å². The predicted molar refractivity (Wildman–Crippen MR) is 75.0 cm³/mol. The molecule has 2 rings (SSSR count). The van der Waals surface area contributed by atoms with Crippen LogP contribution in [0.25, 0.3) is 0 Å². The fraction of sp³-hybridized carbons (Fsp3) is 0.538. The molecule has 20 heavy (non-hydrogen) atoms. The molecule has 2 heterocycles. The minimum absolute atomic E-state index is 0.0496. The lowest BCUT2D eigenvalue weighted by Gasteiger charge is -2.36. The number of aliphatic hydroxyl groups is 1. The number of amidine groups is 1. The number of pyridine rings is 1. The van der Waals surface area contributed by atoms with E-state index >= 15 is 0 Å². The summed E-state index contributed by atoms with van der Waals surface area (Å²) in [6.07, 6.45) is 2.76. The first kappa shape index (κ1) is 14.5. The first-order valence-corrected chi connectivity index (χ1v) is 6.50. The average molecular weight is 280 g/mol. The van der Waals surface area contributed by atoms with Crippen molar-refractivity contribution in [1.29, 1.82) is 0 Å². The molecule has 1 aliphatic heterocycles. The SMILES string of the molecule is CN(CC1(O)CCOCC1)c1cccnc1/C(N)=N/O. The van der Waals surface area contributed by atoms with Crippen LogP contribution in [0.15, 0.2) is 23.5 Å². The Morgan fingerprint density at radius 2 is 2.25 bits per heavy atom. The van der Waals surface area contributed by atoms with Crippen LogP contribution in [0, 0.1) is 0 Å². The van der Waals surface area contributed by atoms with Crippen LogP contribution >= 0.6 is 0 Å². The standard InChI is InChI=1S/C13H20N4O3/c1-17(9-13(18)4-7-20-8-5-13)10-3-2-6-15-11(10)12(14)16-19/h2-3,6,18-19H,4-5,7-9H2,1H3,(H2,14,16). The smallest absolute Gasteiger partial charge is 0.190 e. The Hall–Kier alpha value is -1.86. The van der Waals surface area contributed by atoms with E-state index in [9.17, 15) is 5.11 Å². The molecule has 1 saturated heterocycles. The Morgan fingerprint density at radius 1 is 1.55 bits per heavy atom. The first-order valence-electron chi connectivity index (χ1n) is 6.50. The lowest BCUT2D eigenvalue weighted by molar-refractivity contribution is -0.0572. The van der Waals surface area contributed by atoms with Crippen molar-refractivity contribution >= 4 is 11.5 Å². The average Bonchev–Trinajstić information content (AvgIpc) is 2.46. The highest BCUT2D eigenvalue weighted by molar-refractivity contribution is 6.00. The number of aromatic nitrogens is 1. The molecule has 7 nitrogen and oxygen atoms in total. The van der Waals surface area contributed by atoms with Gasteiger partial charge in [-0.1, -0.05) is 5.16 Å². The van der Waals surface area contributed by atoms with Crippen LogP contribution in [0.4, 0.5) is 5.69 Å². The summed E-state index contributed by atoms with van der Waals surface area (Å²) in [4.78, 5) is 5.99. The predicted octanol–water partition coefficient (Wildman–Crippen LogP) is 0.154. The molecule has 0 unspecified atom stereocenters. The van der Waals surface area contributed by atoms with Gasteiger partial charge in [0.15, 0.2) is 5.84 Å². The van der Waals surface area contributed by atoms with Gasteiger partial charge in [-0.05, 0) is 12.1 Å². The third kappa shape index (κ3) is 3.17. The van der Waals surface area contributed by atoms with Gasteiger partial charge in [0.2, 0.25) is 0 Å². The normalized spacial score (nSPS) is 18.8. The van der Waals surface area contributed by atoms with Crippen molar-refractivity contribution in [3.63, 3.8) is 0 Å². The molecule has 0 radical (unpaired) electrons. The second kappa shape index (κ2) is 6.06. The van der Waals surface area contributed by atoms with Crippen molar-refractivity contribution in [3.8, 4) is 0 Å². The van der Waals surface area contributed by atoms with E-state index in [0.29, 0.717) is 44.0 Å². The maximum absolute atomic E-state index is 10.5. The molecule has 1 aromatic rings. The molecular formula is C13H20N4O3. The number of oxime groups is 1. The Kier molecular flexibility index (Phi) is 4.41. The highest BCUT2D eigenvalue weighted by Crippen LogP contribution is 2.25. The van der Waals surface area contributed by atoms with Crippen LogP contribution in [0.2, 0.25) is 0 Å². The quantitative estimate of drug-likeness (QED) is 0.314. The largest absolute Gasteiger partial charge is 0.409 e. The van der Waals surface area contributed by atoms with Gasteiger partial charge >= 0.3 is 0 Å². The fourth-order valence-electron chi connectivity index (χ4n) is 2.39. The van der Waals surface area contributed by atoms with E-state index in [2.05, 4.69) is 10.1 Å². The zero-order valence-electron chi connectivity index (χ0n) is 11.5. The second-order valence-electron chi connectivity index (χ2n) is 5.05. The summed E-state index contributed by atoms with van der Waals surface area (Å²) in [5.41, 5.74) is 5.95. The van der Waals surface area contributed by atoms with Gasteiger partial charge in [0.05, 0.1) is 11.3 Å². The van der Waals surface area contributed by atoms with Crippen LogP contribution in [-0.2, 0) is 4.74 Å². The zero-order chi connectivity index (χ0) is 14.6. The maximum atomic E-state index is 10.5. The Morgan fingerprint density at radius 3 is 2.90 bits per heavy atom. The highest BCUT2D eigenvalue weighted by atomic mass is 16.5. The van der Waals surface area contributed by atoms with Crippen molar-refractivity contribution in [1.82, 2.24) is 4.98 Å². The van der Waals surface area contributed by atoms with Gasteiger partial charge in [0.25, 0.3) is 0 Å². The summed E-state index contributed by atoms with van der Waals surface area (Å²) in [7, 11) is 1.85. The van der Waals surface area contributed by atoms with E-state index in [1.54, 1.807) is 12.3 Å². The first-order chi connectivity index (χ1) is 9.56. The molecule has 0 spiro atoms. The van der Waals surface area contributed by atoms with Gasteiger partial charge in [0, 0.05) is 45.8 Å². The summed E-state index contributed by atoms with van der Waals surface area (Å²) >= 11 is 0. The summed E-state index contributed by atoms with van der Waals surface area (Å²) in [5.74, 6) is -0.0496. The Labute approximate surface area is 117 Å². The third-order valence-electron chi connectivity index (χ3n) is 3.50. The Bertz CT molecular complexity index is 486. The van der Waals surface area contributed by atoms with Gasteiger partial charge in [0.1, 0.15) is 5.69 Å². The lowest BCUT2D eigenvalue weighted by atomic mass is 9.93. The molecule has 0 aromatic carbocycles. The molecule has 1 aromatic heterocycles. The van der Waals surface area contributed by atoms with E-state index < -0.39 is 5.60 Å². The van der Waals surface area contributed by atoms with Crippen LogP contribution in [0.1, 0.15) is 18.5 Å². The molecule has 4 N–H and O–H groups in total. The van der Waals surface area contributed by atoms with Crippen molar-refractivity contribution in [2.75, 3.05) is 31.7 Å². The Balaban J connectivity index is 2.19. The molecule has 1 aliphatic rings. The lowest BCUT2D eigenvalue weighted by Crippen LogP contribution is -2.46. The summed E-state index contributed by atoms with van der Waals surface area (Å²) in [5, 5.41) is 22.3. The molecule has 0 atom stereocenters. The molecule has 7 heteroatoms. The van der Waals surface area contributed by atoms with Gasteiger partial charge in [-0.3, -0.25) is 4.98 Å². The van der Waals surface area contributed by atoms with E-state index in [1.165, 1.54) is 0 Å². The van der Waals surface area contributed by atoms with Crippen molar-refractivity contribution in [2.24, 2.45) is 10.9 Å². The topological polar surface area (TPSA) is 104 Å². The van der Waals surface area contributed by atoms with Crippen molar-refractivity contribution in [2.45, 2.75) is 18.4 Å². The number of nitrogens with two attached hydrogens (primary N) is 1. The number of hydrogen-bond acceptors (Lipinski definition) is 6. The molecule has 0 aliphatic carbocycles. The molecule has 0 saturated carbocycles. The molecular weight excluding hydrogens is 260 g/mol. The fourth-order valence-corrected chi connectivity index (χ4v) is 2.39. The zero-order valence-corrected chi connectivity index (χ0v) is 11.5. The maximum Gasteiger partial charge on any atom is 0.190 e. The number of ether oxygens (including phenoxy) is 1. The van der Waals surface area contributed by atoms with E-state index in [-0.39, 0.29) is 5.84 Å². The van der Waals surface area contributed by atoms with E-state index in [4.69, 9.17) is 15.7 Å². The number of anilines is 1. The number of nitrogens with zero attached hydrogens (tertiary/aromatic N) is 3. The van der Waals surface area contributed by atoms with Crippen LogP contribution in [0.5, 0.6) is 0 Å². The van der Waals surface area contributed by atoms with Gasteiger partial charge in [-0.2, -0.15) is 0 Å². The second-order valence-corrected chi connectivity index (χ2v) is 5.05. The monoisotopic (exact) mass is 280 g/mol. The van der Waals surface area contributed by atoms with E-state index in [0.717, 1.165) is 0 Å². The number of likely N-dealkylation sites (N-methyl/N-ethyl adjacent to an activating group) is 1. The molecule has 0 bridgehead atoms. The summed E-state index contributed by atoms with van der Waals surface area (Å²) < 4.78 is 5.27.